The van der Waals surface area contributed by atoms with Gasteiger partial charge in [-0.15, -0.1) is 0 Å². The normalized spacial score (nSPS) is 14.5. The summed E-state index contributed by atoms with van der Waals surface area (Å²) in [4.78, 5) is 21.9. The number of aromatic nitrogens is 5. The Labute approximate surface area is 310 Å². The Bertz CT molecular complexity index is 2440. The third-order valence-corrected chi connectivity index (χ3v) is 10.4. The fourth-order valence-electron chi connectivity index (χ4n) is 6.98. The van der Waals surface area contributed by atoms with E-state index in [0.717, 1.165) is 92.7 Å². The lowest BCUT2D eigenvalue weighted by Crippen LogP contribution is -2.43. The minimum Gasteiger partial charge on any atom is -0.454 e. The quantitative estimate of drug-likeness (QED) is 0.170. The van der Waals surface area contributed by atoms with Crippen LogP contribution in [0.5, 0.6) is 23.0 Å². The molecule has 52 heavy (non-hydrogen) atoms. The number of rotatable bonds is 7. The van der Waals surface area contributed by atoms with E-state index in [1.165, 1.54) is 0 Å². The van der Waals surface area contributed by atoms with Gasteiger partial charge in [0.1, 0.15) is 34.2 Å². The first kappa shape index (κ1) is 33.9. The van der Waals surface area contributed by atoms with Crippen molar-refractivity contribution in [3.8, 4) is 34.1 Å². The van der Waals surface area contributed by atoms with E-state index in [1.54, 1.807) is 11.6 Å². The van der Waals surface area contributed by atoms with Crippen molar-refractivity contribution in [2.45, 2.75) is 32.9 Å². The number of nitrogens with one attached hydrogen (secondary N) is 2. The number of pyridine rings is 1. The standard InChI is InChI=1S/C24H24N4O2.C17H16BrN3O/c1-15-11-17(14-27(3)24(15)29)20-9-10-21-22(23(20)30-19-7-5-4-6-8-19)26-16(2)28(21)18-12-25-13-18;1-11-20-16-15(21(11)12-9-19-10-12)8-7-14(18)17(16)22-13-5-3-2-4-6-13/h4-11,14,18,25H,12-13H2,1-3H3;2-8,12,19H,9-10H2,1H3. The van der Waals surface area contributed by atoms with Crippen LogP contribution in [0.2, 0.25) is 0 Å². The average molecular weight is 759 g/mol. The lowest BCUT2D eigenvalue weighted by molar-refractivity contribution is 0.345. The lowest BCUT2D eigenvalue weighted by Gasteiger charge is -2.30. The fraction of sp³-hybridized carbons (Fsp3) is 0.244. The summed E-state index contributed by atoms with van der Waals surface area (Å²) < 4.78 is 19.6. The smallest absolute Gasteiger partial charge is 0.253 e. The zero-order valence-electron chi connectivity index (χ0n) is 29.6. The molecule has 0 atom stereocenters. The third kappa shape index (κ3) is 6.29. The van der Waals surface area contributed by atoms with E-state index < -0.39 is 0 Å². The molecule has 11 heteroatoms. The SMILES string of the molecule is Cc1cc(-c2ccc3c(nc(C)n3C3CNC3)c2Oc2ccccc2)cn(C)c1=O.Cc1nc2c(Oc3ccccc3)c(Br)ccc2n1C1CNC1. The Morgan fingerprint density at radius 2 is 1.19 bits per heavy atom. The Morgan fingerprint density at radius 3 is 1.69 bits per heavy atom. The predicted molar refractivity (Wildman–Crippen MR) is 209 cm³/mol. The van der Waals surface area contributed by atoms with E-state index in [2.05, 4.69) is 60.8 Å². The summed E-state index contributed by atoms with van der Waals surface area (Å²) in [6.07, 6.45) is 1.86. The molecule has 0 saturated carbocycles. The summed E-state index contributed by atoms with van der Waals surface area (Å²) >= 11 is 3.59. The number of hydrogen-bond acceptors (Lipinski definition) is 7. The molecule has 2 saturated heterocycles. The number of hydrogen-bond donors (Lipinski definition) is 2. The maximum Gasteiger partial charge on any atom is 0.253 e. The van der Waals surface area contributed by atoms with E-state index in [4.69, 9.17) is 19.4 Å². The zero-order valence-corrected chi connectivity index (χ0v) is 31.1. The molecule has 0 bridgehead atoms. The van der Waals surface area contributed by atoms with Crippen LogP contribution < -0.4 is 25.7 Å². The molecule has 4 aromatic carbocycles. The van der Waals surface area contributed by atoms with Gasteiger partial charge in [0.05, 0.1) is 27.6 Å². The van der Waals surface area contributed by atoms with E-state index in [0.29, 0.717) is 23.4 Å². The van der Waals surface area contributed by atoms with Gasteiger partial charge in [0.2, 0.25) is 0 Å². The largest absolute Gasteiger partial charge is 0.454 e. The van der Waals surface area contributed by atoms with E-state index in [-0.39, 0.29) is 5.56 Å². The van der Waals surface area contributed by atoms with E-state index in [9.17, 15) is 4.79 Å². The molecule has 0 amide bonds. The highest BCUT2D eigenvalue weighted by molar-refractivity contribution is 9.10. The summed E-state index contributed by atoms with van der Waals surface area (Å²) in [6.45, 7) is 9.82. The number of benzene rings is 4. The monoisotopic (exact) mass is 757 g/mol. The van der Waals surface area contributed by atoms with Gasteiger partial charge in [-0.05, 0) is 91.3 Å². The van der Waals surface area contributed by atoms with Gasteiger partial charge in [-0.25, -0.2) is 9.97 Å². The number of para-hydroxylation sites is 2. The van der Waals surface area contributed by atoms with Crippen molar-refractivity contribution in [3.63, 3.8) is 0 Å². The molecule has 2 N–H and O–H groups in total. The van der Waals surface area contributed by atoms with Crippen LogP contribution in [0.25, 0.3) is 33.2 Å². The molecule has 2 fully saturated rings. The predicted octanol–water partition coefficient (Wildman–Crippen LogP) is 8.00. The highest BCUT2D eigenvalue weighted by Gasteiger charge is 2.27. The van der Waals surface area contributed by atoms with Gasteiger partial charge >= 0.3 is 0 Å². The molecule has 7 aromatic rings. The maximum atomic E-state index is 12.2. The Hall–Kier alpha value is -5.23. The number of fused-ring (bicyclic) bond motifs is 2. The van der Waals surface area contributed by atoms with Gasteiger partial charge in [-0.1, -0.05) is 36.4 Å². The summed E-state index contributed by atoms with van der Waals surface area (Å²) in [6, 6.07) is 30.7. The van der Waals surface area contributed by atoms with Crippen LogP contribution in [-0.4, -0.2) is 49.8 Å². The first-order valence-corrected chi connectivity index (χ1v) is 18.3. The van der Waals surface area contributed by atoms with Crippen molar-refractivity contribution in [2.24, 2.45) is 7.05 Å². The second-order valence-corrected chi connectivity index (χ2v) is 14.2. The third-order valence-electron chi connectivity index (χ3n) is 9.79. The minimum atomic E-state index is 0.00274. The lowest BCUT2D eigenvalue weighted by atomic mass is 10.0. The molecule has 10 nitrogen and oxygen atoms in total. The Kier molecular flexibility index (Phi) is 9.16. The van der Waals surface area contributed by atoms with Gasteiger partial charge < -0.3 is 33.8 Å². The van der Waals surface area contributed by atoms with Crippen molar-refractivity contribution >= 4 is 38.0 Å². The molecule has 2 aliphatic heterocycles. The Balaban J connectivity index is 0.000000156. The number of imidazole rings is 2. The molecule has 2 aliphatic rings. The molecule has 0 aliphatic carbocycles. The van der Waals surface area contributed by atoms with Gasteiger partial charge in [-0.2, -0.15) is 0 Å². The van der Waals surface area contributed by atoms with Crippen LogP contribution in [0, 0.1) is 20.8 Å². The minimum absolute atomic E-state index is 0.00274. The van der Waals surface area contributed by atoms with E-state index in [1.807, 2.05) is 92.8 Å². The molecule has 9 rings (SSSR count). The second kappa shape index (κ2) is 14.1. The summed E-state index contributed by atoms with van der Waals surface area (Å²) in [7, 11) is 1.78. The maximum absolute atomic E-state index is 12.2. The van der Waals surface area contributed by atoms with Gasteiger partial charge in [-0.3, -0.25) is 4.79 Å². The van der Waals surface area contributed by atoms with Crippen LogP contribution >= 0.6 is 15.9 Å². The zero-order chi connectivity index (χ0) is 35.9. The van der Waals surface area contributed by atoms with E-state index >= 15 is 0 Å². The molecule has 0 radical (unpaired) electrons. The molecule has 3 aromatic heterocycles. The number of nitrogens with zero attached hydrogens (tertiary/aromatic N) is 5. The number of ether oxygens (including phenoxy) is 2. The van der Waals surface area contributed by atoms with Crippen molar-refractivity contribution in [2.75, 3.05) is 26.2 Å². The summed E-state index contributed by atoms with van der Waals surface area (Å²) in [5, 5.41) is 6.66. The highest BCUT2D eigenvalue weighted by Crippen LogP contribution is 2.41. The topological polar surface area (TPSA) is 100 Å². The van der Waals surface area contributed by atoms with Crippen molar-refractivity contribution in [1.29, 1.82) is 0 Å². The second-order valence-electron chi connectivity index (χ2n) is 13.4. The fourth-order valence-corrected chi connectivity index (χ4v) is 7.38. The molecular formula is C41H40BrN7O3. The van der Waals surface area contributed by atoms with Crippen LogP contribution in [0.4, 0.5) is 0 Å². The molecular weight excluding hydrogens is 718 g/mol. The average Bonchev–Trinajstić information content (AvgIpc) is 3.60. The van der Waals surface area contributed by atoms with Crippen molar-refractivity contribution in [1.82, 2.24) is 34.3 Å². The van der Waals surface area contributed by atoms with Crippen LogP contribution in [-0.2, 0) is 7.05 Å². The molecule has 0 unspecified atom stereocenters. The van der Waals surface area contributed by atoms with Gasteiger partial charge in [0.25, 0.3) is 5.56 Å². The molecule has 264 valence electrons. The highest BCUT2D eigenvalue weighted by atomic mass is 79.9. The van der Waals surface area contributed by atoms with Gasteiger partial charge in [0, 0.05) is 56.1 Å². The summed E-state index contributed by atoms with van der Waals surface area (Å²) in [5.74, 6) is 5.06. The van der Waals surface area contributed by atoms with Crippen molar-refractivity contribution in [3.05, 3.63) is 129 Å². The molecule has 5 heterocycles. The number of halogens is 1. The first-order chi connectivity index (χ1) is 25.3. The molecule has 0 spiro atoms. The first-order valence-electron chi connectivity index (χ1n) is 17.5. The van der Waals surface area contributed by atoms with Crippen LogP contribution in [0.1, 0.15) is 29.3 Å². The van der Waals surface area contributed by atoms with Crippen LogP contribution in [0.3, 0.4) is 0 Å². The van der Waals surface area contributed by atoms with Gasteiger partial charge in [0.15, 0.2) is 11.5 Å². The van der Waals surface area contributed by atoms with Crippen LogP contribution in [0.15, 0.2) is 106 Å². The Morgan fingerprint density at radius 1 is 0.692 bits per heavy atom. The summed E-state index contributed by atoms with van der Waals surface area (Å²) in [5.41, 5.74) is 6.48. The van der Waals surface area contributed by atoms with Crippen molar-refractivity contribution < 1.29 is 9.47 Å². The number of aryl methyl sites for hydroxylation is 4.